The average Bonchev–Trinajstić information content (AvgIpc) is 3.14. The summed E-state index contributed by atoms with van der Waals surface area (Å²) in [5.74, 6) is -0.203. The predicted molar refractivity (Wildman–Crippen MR) is 212 cm³/mol. The van der Waals surface area contributed by atoms with Gasteiger partial charge in [0.1, 0.15) is 24.4 Å². The van der Waals surface area contributed by atoms with Gasteiger partial charge < -0.3 is 40.3 Å². The Balaban J connectivity index is 2.45. The molecule has 1 aliphatic heterocycles. The van der Waals surface area contributed by atoms with Gasteiger partial charge in [0.15, 0.2) is 6.29 Å². The molecular weight excluding hydrogens is 658 g/mol. The number of carbonyl (C=O) groups is 1. The third-order valence-corrected chi connectivity index (χ3v) is 9.60. The number of aliphatic hydroxyl groups is 5. The van der Waals surface area contributed by atoms with E-state index in [9.17, 15) is 30.3 Å². The molecule has 0 bridgehead atoms. The maximum atomic E-state index is 12.9. The van der Waals surface area contributed by atoms with Crippen LogP contribution < -0.4 is 5.32 Å². The van der Waals surface area contributed by atoms with E-state index in [0.717, 1.165) is 70.6 Å². The minimum atomic E-state index is -1.57. The van der Waals surface area contributed by atoms with E-state index >= 15 is 0 Å². The predicted octanol–water partition coefficient (Wildman–Crippen LogP) is 7.89. The van der Waals surface area contributed by atoms with E-state index in [1.54, 1.807) is 6.08 Å². The Morgan fingerprint density at radius 2 is 1.10 bits per heavy atom. The molecule has 0 radical (unpaired) electrons. The minimum Gasteiger partial charge on any atom is -0.394 e. The van der Waals surface area contributed by atoms with E-state index in [-0.39, 0.29) is 12.5 Å². The van der Waals surface area contributed by atoms with E-state index in [0.29, 0.717) is 6.42 Å². The van der Waals surface area contributed by atoms with Gasteiger partial charge in [-0.3, -0.25) is 4.79 Å². The minimum absolute atomic E-state index is 0.203. The van der Waals surface area contributed by atoms with Gasteiger partial charge in [-0.1, -0.05) is 133 Å². The van der Waals surface area contributed by atoms with Crippen molar-refractivity contribution in [1.82, 2.24) is 5.32 Å². The summed E-state index contributed by atoms with van der Waals surface area (Å²) >= 11 is 0. The highest BCUT2D eigenvalue weighted by Gasteiger charge is 2.44. The van der Waals surface area contributed by atoms with E-state index in [2.05, 4.69) is 55.6 Å². The molecule has 9 nitrogen and oxygen atoms in total. The summed E-state index contributed by atoms with van der Waals surface area (Å²) in [5.41, 5.74) is 0. The van der Waals surface area contributed by atoms with Gasteiger partial charge in [-0.2, -0.15) is 0 Å². The molecule has 0 aliphatic carbocycles. The van der Waals surface area contributed by atoms with Crippen molar-refractivity contribution in [3.8, 4) is 0 Å². The first-order valence-corrected chi connectivity index (χ1v) is 20.9. The van der Waals surface area contributed by atoms with Gasteiger partial charge in [0.2, 0.25) is 5.91 Å². The van der Waals surface area contributed by atoms with Crippen molar-refractivity contribution in [3.63, 3.8) is 0 Å². The molecule has 7 atom stereocenters. The molecule has 0 spiro atoms. The molecule has 1 amide bonds. The highest BCUT2D eigenvalue weighted by atomic mass is 16.7. The Bertz CT molecular complexity index is 951. The number of carbonyl (C=O) groups excluding carboxylic acids is 1. The zero-order valence-electron chi connectivity index (χ0n) is 32.8. The van der Waals surface area contributed by atoms with Crippen molar-refractivity contribution in [3.05, 3.63) is 48.6 Å². The van der Waals surface area contributed by atoms with E-state index in [1.807, 2.05) is 6.08 Å². The van der Waals surface area contributed by atoms with Crippen LogP contribution in [-0.2, 0) is 14.3 Å². The number of rotatable bonds is 33. The van der Waals surface area contributed by atoms with Crippen molar-refractivity contribution in [1.29, 1.82) is 0 Å². The lowest BCUT2D eigenvalue weighted by Gasteiger charge is -2.40. The molecule has 7 unspecified atom stereocenters. The van der Waals surface area contributed by atoms with Crippen LogP contribution in [-0.4, -0.2) is 87.5 Å². The first-order chi connectivity index (χ1) is 25.3. The maximum absolute atomic E-state index is 12.9. The van der Waals surface area contributed by atoms with Crippen LogP contribution in [0.5, 0.6) is 0 Å². The van der Waals surface area contributed by atoms with Gasteiger partial charge in [-0.15, -0.1) is 0 Å². The number of hydrogen-bond donors (Lipinski definition) is 6. The lowest BCUT2D eigenvalue weighted by atomic mass is 9.99. The second kappa shape index (κ2) is 33.7. The molecule has 0 aromatic heterocycles. The van der Waals surface area contributed by atoms with Gasteiger partial charge in [-0.25, -0.2) is 0 Å². The highest BCUT2D eigenvalue weighted by Crippen LogP contribution is 2.22. The van der Waals surface area contributed by atoms with Gasteiger partial charge in [0, 0.05) is 6.42 Å². The van der Waals surface area contributed by atoms with Crippen LogP contribution in [0.3, 0.4) is 0 Å². The summed E-state index contributed by atoms with van der Waals surface area (Å²) in [6.45, 7) is 3.68. The van der Waals surface area contributed by atoms with Crippen LogP contribution in [0.4, 0.5) is 0 Å². The third kappa shape index (κ3) is 24.5. The quantitative estimate of drug-likeness (QED) is 0.0295. The number of ether oxygens (including phenoxy) is 2. The lowest BCUT2D eigenvalue weighted by molar-refractivity contribution is -0.302. The zero-order valence-corrected chi connectivity index (χ0v) is 32.8. The largest absolute Gasteiger partial charge is 0.394 e. The van der Waals surface area contributed by atoms with Crippen LogP contribution >= 0.6 is 0 Å². The smallest absolute Gasteiger partial charge is 0.220 e. The van der Waals surface area contributed by atoms with Gasteiger partial charge in [0.05, 0.1) is 25.4 Å². The number of allylic oxidation sites excluding steroid dienone is 7. The fourth-order valence-corrected chi connectivity index (χ4v) is 6.18. The standard InChI is InChI=1S/C43H77NO8/c1-3-5-7-9-11-13-15-17-18-19-21-23-25-27-29-31-33-39(47)44-36(35-51-43-42(50)41(49)40(48)38(34-45)52-43)37(46)32-30-28-26-24-22-20-16-14-12-10-8-6-4-2/h12,14,18-19,22,24,30,32,36-38,40-43,45-46,48-50H,3-11,13,15-17,20-21,23,25-29,31,33-35H2,1-2H3,(H,44,47)/b14-12+,19-18-,24-22+,32-30+. The molecule has 52 heavy (non-hydrogen) atoms. The molecule has 9 heteroatoms. The first kappa shape index (κ1) is 48.2. The van der Waals surface area contributed by atoms with Crippen molar-refractivity contribution in [2.24, 2.45) is 0 Å². The Morgan fingerprint density at radius 3 is 1.65 bits per heavy atom. The summed E-state index contributed by atoms with van der Waals surface area (Å²) in [7, 11) is 0. The summed E-state index contributed by atoms with van der Waals surface area (Å²) in [4.78, 5) is 12.9. The van der Waals surface area contributed by atoms with Crippen LogP contribution in [0.2, 0.25) is 0 Å². The molecular formula is C43H77NO8. The molecule has 1 heterocycles. The lowest BCUT2D eigenvalue weighted by Crippen LogP contribution is -2.60. The van der Waals surface area contributed by atoms with Crippen LogP contribution in [0.15, 0.2) is 48.6 Å². The van der Waals surface area contributed by atoms with Crippen molar-refractivity contribution >= 4 is 5.91 Å². The second-order valence-electron chi connectivity index (χ2n) is 14.4. The summed E-state index contributed by atoms with van der Waals surface area (Å²) in [6.07, 6.45) is 34.4. The van der Waals surface area contributed by atoms with E-state index in [4.69, 9.17) is 9.47 Å². The second-order valence-corrected chi connectivity index (χ2v) is 14.4. The van der Waals surface area contributed by atoms with Crippen LogP contribution in [0, 0.1) is 0 Å². The maximum Gasteiger partial charge on any atom is 0.220 e. The first-order valence-electron chi connectivity index (χ1n) is 20.9. The summed E-state index contributed by atoms with van der Waals surface area (Å²) < 4.78 is 11.1. The van der Waals surface area contributed by atoms with E-state index in [1.165, 1.54) is 70.6 Å². The molecule has 1 fully saturated rings. The number of nitrogens with one attached hydrogen (secondary N) is 1. The molecule has 1 aliphatic rings. The van der Waals surface area contributed by atoms with Gasteiger partial charge in [0.25, 0.3) is 0 Å². The average molecular weight is 736 g/mol. The molecule has 0 saturated carbocycles. The van der Waals surface area contributed by atoms with Gasteiger partial charge >= 0.3 is 0 Å². The number of amides is 1. The van der Waals surface area contributed by atoms with Crippen molar-refractivity contribution in [2.75, 3.05) is 13.2 Å². The Morgan fingerprint density at radius 1 is 0.635 bits per heavy atom. The summed E-state index contributed by atoms with van der Waals surface area (Å²) in [5, 5.41) is 54.0. The number of hydrogen-bond acceptors (Lipinski definition) is 8. The van der Waals surface area contributed by atoms with Crippen LogP contribution in [0.1, 0.15) is 162 Å². The number of aliphatic hydroxyl groups excluding tert-OH is 5. The highest BCUT2D eigenvalue weighted by molar-refractivity contribution is 5.76. The van der Waals surface area contributed by atoms with E-state index < -0.39 is 49.5 Å². The Hall–Kier alpha value is -1.85. The molecule has 302 valence electrons. The Labute approximate surface area is 316 Å². The zero-order chi connectivity index (χ0) is 38.1. The third-order valence-electron chi connectivity index (χ3n) is 9.60. The molecule has 1 saturated heterocycles. The normalized spacial score (nSPS) is 22.3. The fourth-order valence-electron chi connectivity index (χ4n) is 6.18. The monoisotopic (exact) mass is 736 g/mol. The topological polar surface area (TPSA) is 149 Å². The SMILES string of the molecule is CCCCC/C=C/CC/C=C/CC/C=C/C(O)C(COC1OC(CO)C(O)C(O)C1O)NC(=O)CCCCCCC/C=C\CCCCCCCCC. The fraction of sp³-hybridized carbons (Fsp3) is 0.791. The molecule has 6 N–H and O–H groups in total. The van der Waals surface area contributed by atoms with Gasteiger partial charge in [-0.05, 0) is 70.6 Å². The van der Waals surface area contributed by atoms with Crippen LogP contribution in [0.25, 0.3) is 0 Å². The summed E-state index contributed by atoms with van der Waals surface area (Å²) in [6, 6.07) is -0.830. The molecule has 0 aromatic rings. The van der Waals surface area contributed by atoms with Crippen molar-refractivity contribution < 1.29 is 39.8 Å². The molecule has 0 aromatic carbocycles. The number of unbranched alkanes of at least 4 members (excludes halogenated alkanes) is 17. The van der Waals surface area contributed by atoms with Crippen molar-refractivity contribution in [2.45, 2.75) is 204 Å². The molecule has 1 rings (SSSR count). The Kier molecular flexibility index (Phi) is 31.2.